The summed E-state index contributed by atoms with van der Waals surface area (Å²) in [5.41, 5.74) is 1.83. The van der Waals surface area contributed by atoms with Crippen molar-refractivity contribution in [2.75, 3.05) is 44.7 Å². The van der Waals surface area contributed by atoms with Crippen LogP contribution in [0.2, 0.25) is 0 Å². The summed E-state index contributed by atoms with van der Waals surface area (Å²) in [4.78, 5) is 21.5. The first-order chi connectivity index (χ1) is 14.3. The molecule has 170 valence electrons. The average molecular weight is 540 g/mol. The highest BCUT2D eigenvalue weighted by Gasteiger charge is 2.28. The third-order valence-electron chi connectivity index (χ3n) is 5.33. The van der Waals surface area contributed by atoms with Crippen LogP contribution in [0.4, 0.5) is 5.69 Å². The number of ether oxygens (including phenoxy) is 1. The number of aromatic nitrogens is 2. The fourth-order valence-corrected chi connectivity index (χ4v) is 3.51. The predicted octanol–water partition coefficient (Wildman–Crippen LogP) is 2.64. The molecule has 2 aromatic rings. The number of anilines is 1. The van der Waals surface area contributed by atoms with Crippen molar-refractivity contribution in [2.24, 2.45) is 12.0 Å². The lowest BCUT2D eigenvalue weighted by Crippen LogP contribution is -2.55. The molecule has 1 amide bonds. The van der Waals surface area contributed by atoms with Gasteiger partial charge in [-0.25, -0.2) is 0 Å². The molecule has 1 aliphatic rings. The molecule has 1 aromatic carbocycles. The molecule has 0 bridgehead atoms. The fraction of sp³-hybridized carbons (Fsp3) is 0.500. The highest BCUT2D eigenvalue weighted by molar-refractivity contribution is 14.0. The molecular formula is C22H33IN6O2. The Labute approximate surface area is 201 Å². The summed E-state index contributed by atoms with van der Waals surface area (Å²) in [5, 5.41) is 7.51. The molecule has 9 heteroatoms. The van der Waals surface area contributed by atoms with Crippen LogP contribution < -0.4 is 15.0 Å². The maximum Gasteiger partial charge on any atom is 0.246 e. The van der Waals surface area contributed by atoms with Crippen LogP contribution >= 0.6 is 24.0 Å². The van der Waals surface area contributed by atoms with E-state index in [1.54, 1.807) is 22.9 Å². The molecule has 3 rings (SSSR count). The molecular weight excluding hydrogens is 507 g/mol. The van der Waals surface area contributed by atoms with Crippen molar-refractivity contribution in [1.29, 1.82) is 0 Å². The normalized spacial score (nSPS) is 15.0. The van der Waals surface area contributed by atoms with Crippen LogP contribution in [0.25, 0.3) is 0 Å². The summed E-state index contributed by atoms with van der Waals surface area (Å²) < 4.78 is 7.07. The first-order valence-electron chi connectivity index (χ1n) is 10.3. The summed E-state index contributed by atoms with van der Waals surface area (Å²) >= 11 is 0. The number of carbonyl (C=O) groups is 1. The van der Waals surface area contributed by atoms with Crippen LogP contribution in [0.1, 0.15) is 26.3 Å². The largest absolute Gasteiger partial charge is 0.497 e. The van der Waals surface area contributed by atoms with E-state index in [-0.39, 0.29) is 35.3 Å². The zero-order valence-corrected chi connectivity index (χ0v) is 21.3. The van der Waals surface area contributed by atoms with Crippen molar-refractivity contribution in [1.82, 2.24) is 20.0 Å². The average Bonchev–Trinajstić information content (AvgIpc) is 3.17. The van der Waals surface area contributed by atoms with Gasteiger partial charge in [-0.15, -0.1) is 24.0 Å². The van der Waals surface area contributed by atoms with Crippen molar-refractivity contribution >= 4 is 41.5 Å². The highest BCUT2D eigenvalue weighted by Crippen LogP contribution is 2.27. The second kappa shape index (κ2) is 10.8. The molecule has 0 radical (unpaired) electrons. The molecule has 1 aliphatic heterocycles. The number of rotatable bonds is 6. The van der Waals surface area contributed by atoms with Gasteiger partial charge in [0.25, 0.3) is 0 Å². The van der Waals surface area contributed by atoms with Gasteiger partial charge in [0.05, 0.1) is 25.5 Å². The lowest BCUT2D eigenvalue weighted by molar-refractivity contribution is -0.120. The van der Waals surface area contributed by atoms with Gasteiger partial charge in [-0.1, -0.05) is 26.0 Å². The Morgan fingerprint density at radius 1 is 1.32 bits per heavy atom. The Morgan fingerprint density at radius 2 is 2.10 bits per heavy atom. The molecule has 2 heterocycles. The summed E-state index contributed by atoms with van der Waals surface area (Å²) in [6.45, 7) is 9.33. The minimum absolute atomic E-state index is 0. The third-order valence-corrected chi connectivity index (χ3v) is 5.33. The number of benzene rings is 1. The maximum atomic E-state index is 12.8. The molecule has 1 aromatic heterocycles. The van der Waals surface area contributed by atoms with Crippen LogP contribution in [-0.4, -0.2) is 66.4 Å². The number of nitrogens with zero attached hydrogens (tertiary/aromatic N) is 5. The smallest absolute Gasteiger partial charge is 0.246 e. The lowest BCUT2D eigenvalue weighted by Gasteiger charge is -2.36. The Morgan fingerprint density at radius 3 is 2.71 bits per heavy atom. The predicted molar refractivity (Wildman–Crippen MR) is 135 cm³/mol. The number of halogens is 1. The molecule has 1 N–H and O–H groups in total. The van der Waals surface area contributed by atoms with E-state index in [2.05, 4.69) is 36.4 Å². The van der Waals surface area contributed by atoms with Gasteiger partial charge in [0.1, 0.15) is 12.3 Å². The Hall–Kier alpha value is -2.30. The minimum Gasteiger partial charge on any atom is -0.497 e. The summed E-state index contributed by atoms with van der Waals surface area (Å²) in [6, 6.07) is 8.10. The van der Waals surface area contributed by atoms with Crippen molar-refractivity contribution in [3.05, 3.63) is 42.2 Å². The van der Waals surface area contributed by atoms with Crippen LogP contribution in [0, 0.1) is 0 Å². The van der Waals surface area contributed by atoms with Crippen LogP contribution in [-0.2, 0) is 17.3 Å². The van der Waals surface area contributed by atoms with Gasteiger partial charge in [0.2, 0.25) is 5.91 Å². The van der Waals surface area contributed by atoms with Gasteiger partial charge in [0.15, 0.2) is 5.96 Å². The van der Waals surface area contributed by atoms with Crippen molar-refractivity contribution < 1.29 is 9.53 Å². The van der Waals surface area contributed by atoms with E-state index in [1.807, 2.05) is 37.2 Å². The second-order valence-electron chi connectivity index (χ2n) is 8.13. The quantitative estimate of drug-likeness (QED) is 0.347. The summed E-state index contributed by atoms with van der Waals surface area (Å²) in [7, 11) is 3.53. The lowest BCUT2D eigenvalue weighted by atomic mass is 9.84. The summed E-state index contributed by atoms with van der Waals surface area (Å²) in [5.74, 6) is 1.66. The van der Waals surface area contributed by atoms with Gasteiger partial charge >= 0.3 is 0 Å². The molecule has 31 heavy (non-hydrogen) atoms. The minimum atomic E-state index is -0.170. The van der Waals surface area contributed by atoms with E-state index in [0.717, 1.165) is 23.9 Å². The molecule has 0 atom stereocenters. The highest BCUT2D eigenvalue weighted by atomic mass is 127. The molecule has 8 nitrogen and oxygen atoms in total. The monoisotopic (exact) mass is 540 g/mol. The van der Waals surface area contributed by atoms with E-state index >= 15 is 0 Å². The van der Waals surface area contributed by atoms with E-state index in [4.69, 9.17) is 9.73 Å². The third kappa shape index (κ3) is 6.11. The van der Waals surface area contributed by atoms with Crippen LogP contribution in [0.5, 0.6) is 5.75 Å². The molecule has 0 spiro atoms. The Bertz CT molecular complexity index is 911. The SMILES string of the molecule is CCNC(=NCC(C)(C)c1cccc(OC)c1)N1CCN(c2cnn(C)c2)C(=O)C1.I. The first kappa shape index (κ1) is 25.0. The van der Waals surface area contributed by atoms with Gasteiger partial charge in [0, 0.05) is 38.3 Å². The van der Waals surface area contributed by atoms with E-state index in [0.29, 0.717) is 26.2 Å². The Balaban J connectivity index is 0.00000341. The van der Waals surface area contributed by atoms with Gasteiger partial charge in [-0.05, 0) is 24.6 Å². The molecule has 0 unspecified atom stereocenters. The van der Waals surface area contributed by atoms with E-state index in [1.165, 1.54) is 5.56 Å². The molecule has 0 aliphatic carbocycles. The number of piperazine rings is 1. The number of aliphatic imine (C=N–C) groups is 1. The number of hydrogen-bond donors (Lipinski definition) is 1. The number of nitrogens with one attached hydrogen (secondary N) is 1. The van der Waals surface area contributed by atoms with Gasteiger partial charge in [-0.2, -0.15) is 5.10 Å². The second-order valence-corrected chi connectivity index (χ2v) is 8.13. The van der Waals surface area contributed by atoms with Crippen LogP contribution in [0.15, 0.2) is 41.7 Å². The zero-order chi connectivity index (χ0) is 21.7. The number of amides is 1. The van der Waals surface area contributed by atoms with Crippen molar-refractivity contribution in [3.63, 3.8) is 0 Å². The van der Waals surface area contributed by atoms with E-state index in [9.17, 15) is 4.79 Å². The van der Waals surface area contributed by atoms with E-state index < -0.39 is 0 Å². The van der Waals surface area contributed by atoms with Crippen molar-refractivity contribution in [2.45, 2.75) is 26.2 Å². The number of carbonyl (C=O) groups excluding carboxylic acids is 1. The first-order valence-corrected chi connectivity index (χ1v) is 10.3. The topological polar surface area (TPSA) is 75.0 Å². The number of aryl methyl sites for hydroxylation is 1. The molecule has 1 saturated heterocycles. The molecule has 1 fully saturated rings. The van der Waals surface area contributed by atoms with Gasteiger partial charge < -0.3 is 19.9 Å². The Kier molecular flexibility index (Phi) is 8.72. The standard InChI is InChI=1S/C22H32N6O2.HI/c1-6-23-21(24-16-22(2,3)17-8-7-9-19(12-17)30-5)27-10-11-28(20(29)15-27)18-13-25-26(4)14-18;/h7-9,12-14H,6,10-11,15-16H2,1-5H3,(H,23,24);1H. The number of methoxy groups -OCH3 is 1. The van der Waals surface area contributed by atoms with Crippen LogP contribution in [0.3, 0.4) is 0 Å². The fourth-order valence-electron chi connectivity index (χ4n) is 3.51. The maximum absolute atomic E-state index is 12.8. The zero-order valence-electron chi connectivity index (χ0n) is 19.0. The van der Waals surface area contributed by atoms with Gasteiger partial charge in [-0.3, -0.25) is 14.5 Å². The van der Waals surface area contributed by atoms with Crippen molar-refractivity contribution in [3.8, 4) is 5.75 Å². The number of guanidine groups is 1. The number of hydrogen-bond acceptors (Lipinski definition) is 4. The summed E-state index contributed by atoms with van der Waals surface area (Å²) in [6.07, 6.45) is 3.59. The molecule has 0 saturated carbocycles.